The molecule has 0 heterocycles. The van der Waals surface area contributed by atoms with Gasteiger partial charge in [-0.05, 0) is 37.1 Å². The van der Waals surface area contributed by atoms with Gasteiger partial charge in [0, 0.05) is 19.9 Å². The molecular formula is C12H14Cl2S. The van der Waals surface area contributed by atoms with Gasteiger partial charge in [-0.15, -0.1) is 0 Å². The SMILES string of the molecule is CC/C(Cl)=C(\CC)Sc1ccc(Cl)cc1. The molecule has 3 heteroatoms. The van der Waals surface area contributed by atoms with Crippen LogP contribution in [0.4, 0.5) is 0 Å². The highest BCUT2D eigenvalue weighted by Crippen LogP contribution is 2.34. The predicted molar refractivity (Wildman–Crippen MR) is 70.8 cm³/mol. The lowest BCUT2D eigenvalue weighted by molar-refractivity contribution is 1.11. The van der Waals surface area contributed by atoms with Gasteiger partial charge in [0.2, 0.25) is 0 Å². The molecule has 0 N–H and O–H groups in total. The quantitative estimate of drug-likeness (QED) is 0.626. The van der Waals surface area contributed by atoms with Crippen molar-refractivity contribution in [3.63, 3.8) is 0 Å². The minimum Gasteiger partial charge on any atom is -0.0934 e. The normalized spacial score (nSPS) is 12.5. The van der Waals surface area contributed by atoms with Gasteiger partial charge < -0.3 is 0 Å². The van der Waals surface area contributed by atoms with Crippen LogP contribution in [0.3, 0.4) is 0 Å². The molecule has 15 heavy (non-hydrogen) atoms. The zero-order valence-corrected chi connectivity index (χ0v) is 11.2. The first-order valence-corrected chi connectivity index (χ1v) is 6.55. The van der Waals surface area contributed by atoms with E-state index in [4.69, 9.17) is 23.2 Å². The number of hydrogen-bond acceptors (Lipinski definition) is 1. The number of rotatable bonds is 4. The lowest BCUT2D eigenvalue weighted by Crippen LogP contribution is -1.80. The Bertz CT molecular complexity index is 341. The van der Waals surface area contributed by atoms with Crippen molar-refractivity contribution in [3.8, 4) is 0 Å². The maximum atomic E-state index is 6.15. The van der Waals surface area contributed by atoms with E-state index < -0.39 is 0 Å². The van der Waals surface area contributed by atoms with E-state index in [1.807, 2.05) is 24.3 Å². The van der Waals surface area contributed by atoms with Crippen molar-refractivity contribution < 1.29 is 0 Å². The number of hydrogen-bond donors (Lipinski definition) is 0. The Morgan fingerprint density at radius 1 is 1.13 bits per heavy atom. The van der Waals surface area contributed by atoms with Gasteiger partial charge in [-0.3, -0.25) is 0 Å². The van der Waals surface area contributed by atoms with Crippen LogP contribution in [0.1, 0.15) is 26.7 Å². The second-order valence-corrected chi connectivity index (χ2v) is 5.15. The molecule has 0 atom stereocenters. The molecule has 1 rings (SSSR count). The average molecular weight is 261 g/mol. The Kier molecular flexibility index (Phi) is 5.59. The second-order valence-electron chi connectivity index (χ2n) is 3.09. The largest absolute Gasteiger partial charge is 0.0934 e. The monoisotopic (exact) mass is 260 g/mol. The Balaban J connectivity index is 2.80. The van der Waals surface area contributed by atoms with Crippen molar-refractivity contribution in [1.29, 1.82) is 0 Å². The fourth-order valence-electron chi connectivity index (χ4n) is 1.16. The maximum Gasteiger partial charge on any atom is 0.0406 e. The van der Waals surface area contributed by atoms with Gasteiger partial charge in [0.15, 0.2) is 0 Å². The van der Waals surface area contributed by atoms with Crippen molar-refractivity contribution in [2.45, 2.75) is 31.6 Å². The third-order valence-corrected chi connectivity index (χ3v) is 4.14. The summed E-state index contributed by atoms with van der Waals surface area (Å²) in [4.78, 5) is 2.42. The third kappa shape index (κ3) is 4.10. The van der Waals surface area contributed by atoms with E-state index >= 15 is 0 Å². The minimum atomic E-state index is 0.767. The molecular weight excluding hydrogens is 247 g/mol. The summed E-state index contributed by atoms with van der Waals surface area (Å²) in [7, 11) is 0. The Hall–Kier alpha value is -0.110. The topological polar surface area (TPSA) is 0 Å². The zero-order chi connectivity index (χ0) is 11.3. The fraction of sp³-hybridized carbons (Fsp3) is 0.333. The van der Waals surface area contributed by atoms with E-state index in [1.54, 1.807) is 11.8 Å². The summed E-state index contributed by atoms with van der Waals surface area (Å²) < 4.78 is 0. The molecule has 82 valence electrons. The summed E-state index contributed by atoms with van der Waals surface area (Å²) in [6.07, 6.45) is 1.87. The van der Waals surface area contributed by atoms with E-state index in [-0.39, 0.29) is 0 Å². The first kappa shape index (κ1) is 13.0. The molecule has 0 fully saturated rings. The Morgan fingerprint density at radius 3 is 2.20 bits per heavy atom. The molecule has 0 bridgehead atoms. The van der Waals surface area contributed by atoms with Crippen molar-refractivity contribution in [3.05, 3.63) is 39.2 Å². The summed E-state index contributed by atoms with van der Waals surface area (Å²) in [5, 5.41) is 1.72. The molecule has 0 aliphatic heterocycles. The summed E-state index contributed by atoms with van der Waals surface area (Å²) in [5.74, 6) is 0. The van der Waals surface area contributed by atoms with Crippen LogP contribution in [0.15, 0.2) is 39.1 Å². The molecule has 0 spiro atoms. The lowest BCUT2D eigenvalue weighted by atomic mass is 10.3. The van der Waals surface area contributed by atoms with E-state index in [1.165, 1.54) is 9.80 Å². The highest BCUT2D eigenvalue weighted by molar-refractivity contribution is 8.03. The third-order valence-electron chi connectivity index (χ3n) is 1.99. The number of allylic oxidation sites excluding steroid dienone is 2. The molecule has 0 aliphatic rings. The van der Waals surface area contributed by atoms with Crippen molar-refractivity contribution in [2.75, 3.05) is 0 Å². The van der Waals surface area contributed by atoms with Gasteiger partial charge in [0.05, 0.1) is 0 Å². The second kappa shape index (κ2) is 6.47. The molecule has 1 aromatic carbocycles. The van der Waals surface area contributed by atoms with Crippen LogP contribution < -0.4 is 0 Å². The summed E-state index contributed by atoms with van der Waals surface area (Å²) in [6.45, 7) is 4.19. The Labute approximate surface area is 106 Å². The van der Waals surface area contributed by atoms with E-state index in [9.17, 15) is 0 Å². The molecule has 0 saturated carbocycles. The van der Waals surface area contributed by atoms with E-state index in [0.717, 1.165) is 22.9 Å². The van der Waals surface area contributed by atoms with Crippen LogP contribution in [0.25, 0.3) is 0 Å². The van der Waals surface area contributed by atoms with Gasteiger partial charge >= 0.3 is 0 Å². The van der Waals surface area contributed by atoms with Crippen molar-refractivity contribution >= 4 is 35.0 Å². The molecule has 0 aliphatic carbocycles. The van der Waals surface area contributed by atoms with Crippen LogP contribution in [-0.2, 0) is 0 Å². The van der Waals surface area contributed by atoms with Gasteiger partial charge in [0.25, 0.3) is 0 Å². The standard InChI is InChI=1S/C12H14Cl2S/c1-3-11(14)12(4-2)15-10-7-5-9(13)6-8-10/h5-8H,3-4H2,1-2H3/b12-11-. The summed E-state index contributed by atoms with van der Waals surface area (Å²) in [5.41, 5.74) is 0. The molecule has 0 aromatic heterocycles. The maximum absolute atomic E-state index is 6.15. The minimum absolute atomic E-state index is 0.767. The predicted octanol–water partition coefficient (Wildman–Crippen LogP) is 5.70. The molecule has 0 amide bonds. The fourth-order valence-corrected chi connectivity index (χ4v) is 2.49. The van der Waals surface area contributed by atoms with Crippen LogP contribution in [-0.4, -0.2) is 0 Å². The number of thioether (sulfide) groups is 1. The highest BCUT2D eigenvalue weighted by Gasteiger charge is 2.03. The van der Waals surface area contributed by atoms with Crippen molar-refractivity contribution in [1.82, 2.24) is 0 Å². The van der Waals surface area contributed by atoms with Gasteiger partial charge in [0.1, 0.15) is 0 Å². The zero-order valence-electron chi connectivity index (χ0n) is 8.89. The van der Waals surface area contributed by atoms with Gasteiger partial charge in [-0.1, -0.05) is 48.8 Å². The molecule has 0 nitrogen and oxygen atoms in total. The van der Waals surface area contributed by atoms with Crippen LogP contribution >= 0.6 is 35.0 Å². The van der Waals surface area contributed by atoms with Crippen LogP contribution in [0.5, 0.6) is 0 Å². The van der Waals surface area contributed by atoms with Crippen LogP contribution in [0.2, 0.25) is 5.02 Å². The average Bonchev–Trinajstić information content (AvgIpc) is 2.27. The first-order valence-electron chi connectivity index (χ1n) is 4.98. The Morgan fingerprint density at radius 2 is 1.73 bits per heavy atom. The smallest absolute Gasteiger partial charge is 0.0406 e. The van der Waals surface area contributed by atoms with Gasteiger partial charge in [-0.25, -0.2) is 0 Å². The van der Waals surface area contributed by atoms with Crippen LogP contribution in [0, 0.1) is 0 Å². The first-order chi connectivity index (χ1) is 7.17. The molecule has 0 radical (unpaired) electrons. The summed E-state index contributed by atoms with van der Waals surface area (Å²) in [6, 6.07) is 7.83. The van der Waals surface area contributed by atoms with Crippen molar-refractivity contribution in [2.24, 2.45) is 0 Å². The molecule has 0 saturated heterocycles. The van der Waals surface area contributed by atoms with Gasteiger partial charge in [-0.2, -0.15) is 0 Å². The molecule has 0 unspecified atom stereocenters. The number of benzene rings is 1. The lowest BCUT2D eigenvalue weighted by Gasteiger charge is -2.07. The van der Waals surface area contributed by atoms with E-state index in [2.05, 4.69) is 13.8 Å². The highest BCUT2D eigenvalue weighted by atomic mass is 35.5. The summed E-state index contributed by atoms with van der Waals surface area (Å²) >= 11 is 13.7. The molecule has 1 aromatic rings. The van der Waals surface area contributed by atoms with E-state index in [0.29, 0.717) is 0 Å². The number of halogens is 2.